The van der Waals surface area contributed by atoms with E-state index in [4.69, 9.17) is 11.6 Å². The number of hydrogen-bond donors (Lipinski definition) is 1. The van der Waals surface area contributed by atoms with Crippen LogP contribution in [0.2, 0.25) is 0 Å². The van der Waals surface area contributed by atoms with Gasteiger partial charge in [0.1, 0.15) is 11.5 Å². The molecule has 154 valence electrons. The summed E-state index contributed by atoms with van der Waals surface area (Å²) in [6.45, 7) is 6.86. The monoisotopic (exact) mass is 420 g/mol. The lowest BCUT2D eigenvalue weighted by Gasteiger charge is -2.13. The lowest BCUT2D eigenvalue weighted by atomic mass is 10.3. The molecule has 0 saturated heterocycles. The highest BCUT2D eigenvalue weighted by Crippen LogP contribution is 2.19. The normalized spacial score (nSPS) is 11.4. The molecule has 0 aromatic carbocycles. The van der Waals surface area contributed by atoms with Gasteiger partial charge in [-0.25, -0.2) is 19.2 Å². The molecule has 0 aliphatic heterocycles. The zero-order valence-corrected chi connectivity index (χ0v) is 17.1. The van der Waals surface area contributed by atoms with Crippen molar-refractivity contribution >= 4 is 17.6 Å². The number of alkyl halides is 1. The molecule has 3 rings (SSSR count). The Morgan fingerprint density at radius 2 is 2.10 bits per heavy atom. The lowest BCUT2D eigenvalue weighted by Crippen LogP contribution is -2.34. The lowest BCUT2D eigenvalue weighted by molar-refractivity contribution is 0.237. The van der Waals surface area contributed by atoms with E-state index in [9.17, 15) is 9.18 Å². The summed E-state index contributed by atoms with van der Waals surface area (Å²) in [5.74, 6) is 0.835. The van der Waals surface area contributed by atoms with E-state index < -0.39 is 5.82 Å². The summed E-state index contributed by atoms with van der Waals surface area (Å²) in [7, 11) is 0. The summed E-state index contributed by atoms with van der Waals surface area (Å²) in [5, 5.41) is 11.6. The highest BCUT2D eigenvalue weighted by atomic mass is 35.5. The van der Waals surface area contributed by atoms with Crippen molar-refractivity contribution in [2.45, 2.75) is 33.4 Å². The van der Waals surface area contributed by atoms with Crippen LogP contribution in [0.1, 0.15) is 26.6 Å². The van der Waals surface area contributed by atoms with Crippen molar-refractivity contribution in [2.75, 3.05) is 12.5 Å². The van der Waals surface area contributed by atoms with Gasteiger partial charge in [-0.3, -0.25) is 4.90 Å². The second-order valence-electron chi connectivity index (χ2n) is 6.61. The predicted molar refractivity (Wildman–Crippen MR) is 106 cm³/mol. The molecule has 3 heterocycles. The van der Waals surface area contributed by atoms with Crippen LogP contribution in [0, 0.1) is 5.82 Å². The Kier molecular flexibility index (Phi) is 6.55. The minimum absolute atomic E-state index is 0.0253. The van der Waals surface area contributed by atoms with Crippen LogP contribution < -0.4 is 5.32 Å². The van der Waals surface area contributed by atoms with Gasteiger partial charge in [0.25, 0.3) is 0 Å². The molecule has 0 saturated carbocycles. The molecular formula is C18H22ClFN8O. The molecule has 3 aromatic heterocycles. The molecule has 0 atom stereocenters. The molecule has 0 radical (unpaired) electrons. The van der Waals surface area contributed by atoms with Gasteiger partial charge < -0.3 is 5.32 Å². The number of halogens is 2. The fourth-order valence-corrected chi connectivity index (χ4v) is 2.80. The Hall–Kier alpha value is -2.85. The van der Waals surface area contributed by atoms with Gasteiger partial charge in [-0.05, 0) is 32.5 Å². The number of rotatable bonds is 7. The van der Waals surface area contributed by atoms with E-state index in [-0.39, 0.29) is 12.1 Å². The van der Waals surface area contributed by atoms with Crippen LogP contribution in [0.4, 0.5) is 9.18 Å². The van der Waals surface area contributed by atoms with Gasteiger partial charge in [-0.2, -0.15) is 9.36 Å². The average Bonchev–Trinajstić information content (AvgIpc) is 3.33. The fraction of sp³-hybridized carbons (Fsp3) is 0.389. The Bertz CT molecular complexity index is 965. The molecule has 1 amide bonds. The van der Waals surface area contributed by atoms with Crippen molar-refractivity contribution in [3.8, 4) is 17.3 Å². The molecule has 11 heteroatoms. The SMILES string of the molecule is CCN(CCl)Cc1nc(-c2ccc(F)cn2)n(-c2ccn(C(=O)NC(C)C)n2)n1. The van der Waals surface area contributed by atoms with Crippen molar-refractivity contribution in [3.05, 3.63) is 42.2 Å². The number of hydrogen-bond acceptors (Lipinski definition) is 6. The first-order chi connectivity index (χ1) is 13.9. The molecule has 0 unspecified atom stereocenters. The Balaban J connectivity index is 2.00. The van der Waals surface area contributed by atoms with Crippen molar-refractivity contribution in [2.24, 2.45) is 0 Å². The van der Waals surface area contributed by atoms with E-state index >= 15 is 0 Å². The highest BCUT2D eigenvalue weighted by Gasteiger charge is 2.19. The van der Waals surface area contributed by atoms with Crippen molar-refractivity contribution < 1.29 is 9.18 Å². The molecular weight excluding hydrogens is 399 g/mol. The van der Waals surface area contributed by atoms with Gasteiger partial charge in [0.15, 0.2) is 17.5 Å². The minimum Gasteiger partial charge on any atom is -0.334 e. The summed E-state index contributed by atoms with van der Waals surface area (Å²) in [6.07, 6.45) is 2.65. The van der Waals surface area contributed by atoms with Crippen LogP contribution in [0.5, 0.6) is 0 Å². The second-order valence-corrected chi connectivity index (χ2v) is 6.85. The maximum absolute atomic E-state index is 13.3. The summed E-state index contributed by atoms with van der Waals surface area (Å²) >= 11 is 5.94. The Morgan fingerprint density at radius 1 is 1.31 bits per heavy atom. The first-order valence-electron chi connectivity index (χ1n) is 9.14. The summed E-state index contributed by atoms with van der Waals surface area (Å²) in [5.41, 5.74) is 0.431. The van der Waals surface area contributed by atoms with Gasteiger partial charge >= 0.3 is 6.03 Å². The molecule has 3 aromatic rings. The van der Waals surface area contributed by atoms with Crippen LogP contribution in [-0.4, -0.2) is 59.1 Å². The number of pyridine rings is 1. The predicted octanol–water partition coefficient (Wildman–Crippen LogP) is 2.65. The molecule has 9 nitrogen and oxygen atoms in total. The Morgan fingerprint density at radius 3 is 2.72 bits per heavy atom. The smallest absolute Gasteiger partial charge is 0.334 e. The first-order valence-corrected chi connectivity index (χ1v) is 9.67. The quantitative estimate of drug-likeness (QED) is 0.466. The number of carbonyl (C=O) groups excluding carboxylic acids is 1. The molecule has 0 fully saturated rings. The Labute approximate surface area is 172 Å². The van der Waals surface area contributed by atoms with Gasteiger partial charge in [-0.1, -0.05) is 6.92 Å². The van der Waals surface area contributed by atoms with E-state index in [0.29, 0.717) is 35.7 Å². The summed E-state index contributed by atoms with van der Waals surface area (Å²) in [4.78, 5) is 22.8. The molecule has 29 heavy (non-hydrogen) atoms. The minimum atomic E-state index is -0.450. The maximum atomic E-state index is 13.3. The van der Waals surface area contributed by atoms with Crippen molar-refractivity contribution in [1.29, 1.82) is 0 Å². The van der Waals surface area contributed by atoms with E-state index in [0.717, 1.165) is 12.7 Å². The standard InChI is InChI=1S/C18H22ClFN8O/c1-4-26(11-19)10-15-23-17(14-6-5-13(20)9-21-14)28(24-15)16-7-8-27(25-16)18(29)22-12(2)3/h5-9,12H,4,10-11H2,1-3H3,(H,22,29). The van der Waals surface area contributed by atoms with Crippen molar-refractivity contribution in [3.63, 3.8) is 0 Å². The molecule has 0 aliphatic rings. The van der Waals surface area contributed by atoms with Gasteiger partial charge in [-0.15, -0.1) is 21.8 Å². The maximum Gasteiger partial charge on any atom is 0.342 e. The van der Waals surface area contributed by atoms with Gasteiger partial charge in [0, 0.05) is 18.3 Å². The van der Waals surface area contributed by atoms with E-state index in [1.54, 1.807) is 6.07 Å². The third kappa shape index (κ3) is 4.96. The van der Waals surface area contributed by atoms with Crippen LogP contribution in [0.15, 0.2) is 30.6 Å². The van der Waals surface area contributed by atoms with Gasteiger partial charge in [0.2, 0.25) is 0 Å². The third-order valence-electron chi connectivity index (χ3n) is 4.00. The van der Waals surface area contributed by atoms with E-state index in [1.165, 1.54) is 27.7 Å². The zero-order valence-electron chi connectivity index (χ0n) is 16.4. The van der Waals surface area contributed by atoms with Crippen molar-refractivity contribution in [1.82, 2.24) is 39.7 Å². The number of nitrogens with one attached hydrogen (secondary N) is 1. The number of nitrogens with zero attached hydrogens (tertiary/aromatic N) is 7. The summed E-state index contributed by atoms with van der Waals surface area (Å²) in [6, 6.07) is 4.41. The van der Waals surface area contributed by atoms with Crippen LogP contribution in [0.3, 0.4) is 0 Å². The summed E-state index contributed by atoms with van der Waals surface area (Å²) < 4.78 is 16.0. The first kappa shape index (κ1) is 20.9. The van der Waals surface area contributed by atoms with Gasteiger partial charge in [0.05, 0.1) is 18.7 Å². The number of carbonyl (C=O) groups is 1. The number of amides is 1. The average molecular weight is 421 g/mol. The van der Waals surface area contributed by atoms with E-state index in [1.807, 2.05) is 25.7 Å². The largest absolute Gasteiger partial charge is 0.342 e. The highest BCUT2D eigenvalue weighted by molar-refractivity contribution is 6.17. The fourth-order valence-electron chi connectivity index (χ4n) is 2.55. The topological polar surface area (TPSA) is 93.8 Å². The third-order valence-corrected chi connectivity index (χ3v) is 4.34. The van der Waals surface area contributed by atoms with Crippen LogP contribution >= 0.6 is 11.6 Å². The molecule has 1 N–H and O–H groups in total. The van der Waals surface area contributed by atoms with Crippen LogP contribution in [-0.2, 0) is 6.54 Å². The molecule has 0 bridgehead atoms. The zero-order chi connectivity index (χ0) is 21.0. The second kappa shape index (κ2) is 9.10. The molecule has 0 aliphatic carbocycles. The van der Waals surface area contributed by atoms with Crippen LogP contribution in [0.25, 0.3) is 17.3 Å². The number of aromatic nitrogens is 6. The molecule has 0 spiro atoms. The van der Waals surface area contributed by atoms with E-state index in [2.05, 4.69) is 25.5 Å².